The first kappa shape index (κ1) is 20.0. The van der Waals surface area contributed by atoms with E-state index in [0.717, 1.165) is 18.8 Å². The van der Waals surface area contributed by atoms with Crippen molar-refractivity contribution in [2.45, 2.75) is 34.2 Å². The maximum Gasteiger partial charge on any atom is 0.355 e. The van der Waals surface area contributed by atoms with E-state index in [-0.39, 0.29) is 11.9 Å². The molecule has 1 aliphatic heterocycles. The van der Waals surface area contributed by atoms with E-state index in [0.29, 0.717) is 43.1 Å². The lowest BCUT2D eigenvalue weighted by atomic mass is 10.1. The Kier molecular flexibility index (Phi) is 6.07. The molecule has 6 nitrogen and oxygen atoms in total. The van der Waals surface area contributed by atoms with Crippen LogP contribution in [0.3, 0.4) is 0 Å². The van der Waals surface area contributed by atoms with Crippen LogP contribution in [0, 0.1) is 13.8 Å². The monoisotopic (exact) mass is 383 g/mol. The zero-order valence-corrected chi connectivity index (χ0v) is 17.2. The minimum atomic E-state index is -0.363. The molecule has 0 radical (unpaired) electrons. The van der Waals surface area contributed by atoms with Crippen molar-refractivity contribution in [1.82, 2.24) is 9.47 Å². The minimum absolute atomic E-state index is 0.000426. The third-order valence-corrected chi connectivity index (χ3v) is 5.45. The zero-order chi connectivity index (χ0) is 20.3. The molecule has 3 rings (SSSR count). The predicted octanol–water partition coefficient (Wildman–Crippen LogP) is 3.26. The number of benzene rings is 1. The van der Waals surface area contributed by atoms with E-state index in [1.165, 1.54) is 5.69 Å². The van der Waals surface area contributed by atoms with Gasteiger partial charge in [0.2, 0.25) is 0 Å². The molecule has 0 atom stereocenters. The molecule has 0 N–H and O–H groups in total. The van der Waals surface area contributed by atoms with E-state index in [2.05, 4.69) is 17.0 Å². The van der Waals surface area contributed by atoms with Gasteiger partial charge in [-0.2, -0.15) is 0 Å². The second-order valence-corrected chi connectivity index (χ2v) is 7.01. The third-order valence-electron chi connectivity index (χ3n) is 5.45. The topological polar surface area (TPSA) is 54.8 Å². The van der Waals surface area contributed by atoms with Crippen LogP contribution in [0.25, 0.3) is 0 Å². The summed E-state index contributed by atoms with van der Waals surface area (Å²) in [6.07, 6.45) is 0. The SMILES string of the molecule is CCOC(=O)c1c(C)c(C(=O)N2CCN(c3ccccc3)CC2)c(C)n1CC. The molecular formula is C22H29N3O3. The summed E-state index contributed by atoms with van der Waals surface area (Å²) in [6.45, 7) is 11.4. The highest BCUT2D eigenvalue weighted by molar-refractivity contribution is 6.01. The Bertz CT molecular complexity index is 850. The number of carbonyl (C=O) groups is 2. The molecule has 1 aliphatic rings. The first-order valence-corrected chi connectivity index (χ1v) is 9.95. The van der Waals surface area contributed by atoms with Crippen molar-refractivity contribution in [3.05, 3.63) is 52.8 Å². The van der Waals surface area contributed by atoms with E-state index in [1.807, 2.05) is 48.4 Å². The van der Waals surface area contributed by atoms with Crippen LogP contribution in [0.4, 0.5) is 5.69 Å². The molecule has 1 fully saturated rings. The highest BCUT2D eigenvalue weighted by Crippen LogP contribution is 2.26. The van der Waals surface area contributed by atoms with Gasteiger partial charge in [0, 0.05) is 44.1 Å². The van der Waals surface area contributed by atoms with E-state index in [9.17, 15) is 9.59 Å². The minimum Gasteiger partial charge on any atom is -0.461 e. The average molecular weight is 383 g/mol. The lowest BCUT2D eigenvalue weighted by molar-refractivity contribution is 0.0512. The van der Waals surface area contributed by atoms with Crippen LogP contribution in [-0.4, -0.2) is 54.1 Å². The fourth-order valence-corrected chi connectivity index (χ4v) is 4.03. The summed E-state index contributed by atoms with van der Waals surface area (Å²) in [5.74, 6) is -0.363. The van der Waals surface area contributed by atoms with Crippen molar-refractivity contribution in [2.75, 3.05) is 37.7 Å². The standard InChI is InChI=1S/C22H29N3O3/c1-5-25-17(4)19(16(3)20(25)22(27)28-6-2)21(26)24-14-12-23(13-15-24)18-10-8-7-9-11-18/h7-11H,5-6,12-15H2,1-4H3. The number of hydrogen-bond acceptors (Lipinski definition) is 4. The number of esters is 1. The largest absolute Gasteiger partial charge is 0.461 e. The van der Waals surface area contributed by atoms with Gasteiger partial charge in [-0.25, -0.2) is 4.79 Å². The van der Waals surface area contributed by atoms with Gasteiger partial charge in [0.15, 0.2) is 0 Å². The smallest absolute Gasteiger partial charge is 0.355 e. The molecule has 1 saturated heterocycles. The highest BCUT2D eigenvalue weighted by Gasteiger charge is 2.30. The summed E-state index contributed by atoms with van der Waals surface area (Å²) in [4.78, 5) is 29.9. The number of amides is 1. The quantitative estimate of drug-likeness (QED) is 0.744. The number of carbonyl (C=O) groups excluding carboxylic acids is 2. The van der Waals surface area contributed by atoms with Gasteiger partial charge >= 0.3 is 5.97 Å². The van der Waals surface area contributed by atoms with Crippen LogP contribution >= 0.6 is 0 Å². The van der Waals surface area contributed by atoms with Gasteiger partial charge in [0.25, 0.3) is 5.91 Å². The van der Waals surface area contributed by atoms with Crippen molar-refractivity contribution >= 4 is 17.6 Å². The number of anilines is 1. The normalized spacial score (nSPS) is 14.3. The van der Waals surface area contributed by atoms with Crippen molar-refractivity contribution in [3.63, 3.8) is 0 Å². The second kappa shape index (κ2) is 8.50. The first-order chi connectivity index (χ1) is 13.5. The molecule has 1 aromatic heterocycles. The van der Waals surface area contributed by atoms with Crippen molar-refractivity contribution in [2.24, 2.45) is 0 Å². The number of piperazine rings is 1. The molecule has 0 aliphatic carbocycles. The van der Waals surface area contributed by atoms with Crippen molar-refractivity contribution < 1.29 is 14.3 Å². The molecular weight excluding hydrogens is 354 g/mol. The number of nitrogens with zero attached hydrogens (tertiary/aromatic N) is 3. The van der Waals surface area contributed by atoms with Gasteiger partial charge < -0.3 is 19.1 Å². The number of para-hydroxylation sites is 1. The predicted molar refractivity (Wildman–Crippen MR) is 110 cm³/mol. The molecule has 6 heteroatoms. The molecule has 2 aromatic rings. The second-order valence-electron chi connectivity index (χ2n) is 7.01. The van der Waals surface area contributed by atoms with Gasteiger partial charge in [0.05, 0.1) is 12.2 Å². The maximum atomic E-state index is 13.3. The van der Waals surface area contributed by atoms with Crippen LogP contribution in [0.1, 0.15) is 46.0 Å². The van der Waals surface area contributed by atoms with Gasteiger partial charge in [-0.3, -0.25) is 4.79 Å². The number of aromatic nitrogens is 1. The number of hydrogen-bond donors (Lipinski definition) is 0. The lowest BCUT2D eigenvalue weighted by Crippen LogP contribution is -2.49. The Labute approximate surface area is 166 Å². The fraction of sp³-hybridized carbons (Fsp3) is 0.455. The van der Waals surface area contributed by atoms with E-state index >= 15 is 0 Å². The van der Waals surface area contributed by atoms with Crippen LogP contribution in [0.15, 0.2) is 30.3 Å². The molecule has 1 aromatic carbocycles. The van der Waals surface area contributed by atoms with Gasteiger partial charge in [0.1, 0.15) is 5.69 Å². The van der Waals surface area contributed by atoms with Crippen LogP contribution in [0.5, 0.6) is 0 Å². The van der Waals surface area contributed by atoms with E-state index in [1.54, 1.807) is 6.92 Å². The molecule has 0 unspecified atom stereocenters. The lowest BCUT2D eigenvalue weighted by Gasteiger charge is -2.36. The van der Waals surface area contributed by atoms with Gasteiger partial charge in [-0.15, -0.1) is 0 Å². The average Bonchev–Trinajstić information content (AvgIpc) is 2.98. The van der Waals surface area contributed by atoms with Gasteiger partial charge in [-0.05, 0) is 45.4 Å². The van der Waals surface area contributed by atoms with E-state index in [4.69, 9.17) is 4.74 Å². The Morgan fingerprint density at radius 1 is 1.00 bits per heavy atom. The fourth-order valence-electron chi connectivity index (χ4n) is 4.03. The number of rotatable bonds is 5. The summed E-state index contributed by atoms with van der Waals surface area (Å²) < 4.78 is 7.11. The summed E-state index contributed by atoms with van der Waals surface area (Å²) in [5, 5.41) is 0. The van der Waals surface area contributed by atoms with Crippen LogP contribution in [-0.2, 0) is 11.3 Å². The molecule has 0 bridgehead atoms. The third kappa shape index (κ3) is 3.63. The summed E-state index contributed by atoms with van der Waals surface area (Å²) in [5.41, 5.74) is 3.86. The molecule has 0 saturated carbocycles. The van der Waals surface area contributed by atoms with Crippen LogP contribution < -0.4 is 4.90 Å². The Morgan fingerprint density at radius 2 is 1.64 bits per heavy atom. The molecule has 1 amide bonds. The summed E-state index contributed by atoms with van der Waals surface area (Å²) in [6, 6.07) is 10.3. The Balaban J connectivity index is 1.81. The Morgan fingerprint density at radius 3 is 2.21 bits per heavy atom. The van der Waals surface area contributed by atoms with Crippen LogP contribution in [0.2, 0.25) is 0 Å². The van der Waals surface area contributed by atoms with Crippen molar-refractivity contribution in [1.29, 1.82) is 0 Å². The summed E-state index contributed by atoms with van der Waals surface area (Å²) in [7, 11) is 0. The molecule has 150 valence electrons. The van der Waals surface area contributed by atoms with E-state index < -0.39 is 0 Å². The molecule has 2 heterocycles. The van der Waals surface area contributed by atoms with Gasteiger partial charge in [-0.1, -0.05) is 18.2 Å². The first-order valence-electron chi connectivity index (χ1n) is 9.95. The highest BCUT2D eigenvalue weighted by atomic mass is 16.5. The number of ether oxygens (including phenoxy) is 1. The zero-order valence-electron chi connectivity index (χ0n) is 17.2. The maximum absolute atomic E-state index is 13.3. The molecule has 28 heavy (non-hydrogen) atoms. The molecule has 0 spiro atoms. The summed E-state index contributed by atoms with van der Waals surface area (Å²) >= 11 is 0. The Hall–Kier alpha value is -2.76. The van der Waals surface area contributed by atoms with Crippen molar-refractivity contribution in [3.8, 4) is 0 Å².